The molecule has 0 saturated carbocycles. The lowest BCUT2D eigenvalue weighted by molar-refractivity contribution is 0.0914. The fraction of sp³-hybridized carbons (Fsp3) is 0.500. The highest BCUT2D eigenvalue weighted by Gasteiger charge is 2.21. The van der Waals surface area contributed by atoms with Crippen LogP contribution >= 0.6 is 0 Å². The molecule has 0 heterocycles. The Bertz CT molecular complexity index is 413. The van der Waals surface area contributed by atoms with Gasteiger partial charge in [0.05, 0.1) is 0 Å². The Balaban J connectivity index is 3.05. The third-order valence-corrected chi connectivity index (χ3v) is 2.87. The maximum atomic E-state index is 12.2. The minimum atomic E-state index is -0.374. The summed E-state index contributed by atoms with van der Waals surface area (Å²) in [5.74, 6) is -0.0459. The summed E-state index contributed by atoms with van der Waals surface area (Å²) in [6.07, 6.45) is 0. The summed E-state index contributed by atoms with van der Waals surface area (Å²) in [6, 6.07) is 4.05. The number of benzene rings is 1. The Morgan fingerprint density at radius 3 is 2.12 bits per heavy atom. The van der Waals surface area contributed by atoms with Gasteiger partial charge in [-0.25, -0.2) is 0 Å². The van der Waals surface area contributed by atoms with Crippen LogP contribution in [0.5, 0.6) is 0 Å². The van der Waals surface area contributed by atoms with E-state index >= 15 is 0 Å². The van der Waals surface area contributed by atoms with E-state index in [2.05, 4.69) is 5.32 Å². The number of nitrogens with one attached hydrogen (secondary N) is 1. The van der Waals surface area contributed by atoms with Crippen molar-refractivity contribution in [1.82, 2.24) is 5.32 Å². The minimum absolute atomic E-state index is 0.0459. The van der Waals surface area contributed by atoms with E-state index in [0.717, 1.165) is 16.7 Å². The second-order valence-corrected chi connectivity index (χ2v) is 5.32. The lowest BCUT2D eigenvalue weighted by atomic mass is 9.97. The van der Waals surface area contributed by atoms with E-state index < -0.39 is 0 Å². The standard InChI is InChI=1S/C14H22N2O/c1-9-6-10(2)12(11(3)7-9)13(17)16-14(4,5)8-15/h6-7H,8,15H2,1-5H3,(H,16,17). The van der Waals surface area contributed by atoms with Gasteiger partial charge in [0.25, 0.3) is 5.91 Å². The number of aryl methyl sites for hydroxylation is 3. The molecule has 0 atom stereocenters. The maximum Gasteiger partial charge on any atom is 0.252 e. The normalized spacial score (nSPS) is 11.4. The molecule has 3 nitrogen and oxygen atoms in total. The second kappa shape index (κ2) is 4.88. The first-order valence-electron chi connectivity index (χ1n) is 5.87. The van der Waals surface area contributed by atoms with E-state index in [-0.39, 0.29) is 11.4 Å². The fourth-order valence-corrected chi connectivity index (χ4v) is 1.96. The topological polar surface area (TPSA) is 55.1 Å². The Morgan fingerprint density at radius 2 is 1.71 bits per heavy atom. The summed E-state index contributed by atoms with van der Waals surface area (Å²) < 4.78 is 0. The van der Waals surface area contributed by atoms with Crippen LogP contribution in [0.1, 0.15) is 40.9 Å². The molecule has 1 aromatic carbocycles. The molecule has 94 valence electrons. The number of hydrogen-bond acceptors (Lipinski definition) is 2. The molecule has 1 aromatic rings. The van der Waals surface area contributed by atoms with E-state index in [4.69, 9.17) is 5.73 Å². The highest BCUT2D eigenvalue weighted by Crippen LogP contribution is 2.17. The van der Waals surface area contributed by atoms with Crippen LogP contribution in [0.25, 0.3) is 0 Å². The van der Waals surface area contributed by atoms with Crippen LogP contribution in [0.15, 0.2) is 12.1 Å². The predicted molar refractivity (Wildman–Crippen MR) is 71.3 cm³/mol. The highest BCUT2D eigenvalue weighted by molar-refractivity contribution is 5.97. The Kier molecular flexibility index (Phi) is 3.94. The van der Waals surface area contributed by atoms with Crippen LogP contribution in [0.4, 0.5) is 0 Å². The minimum Gasteiger partial charge on any atom is -0.346 e. The molecule has 17 heavy (non-hydrogen) atoms. The van der Waals surface area contributed by atoms with Crippen molar-refractivity contribution in [2.45, 2.75) is 40.2 Å². The number of nitrogens with two attached hydrogens (primary N) is 1. The van der Waals surface area contributed by atoms with Crippen LogP contribution in [0.2, 0.25) is 0 Å². The zero-order valence-electron chi connectivity index (χ0n) is 11.3. The average molecular weight is 234 g/mol. The Morgan fingerprint density at radius 1 is 1.24 bits per heavy atom. The van der Waals surface area contributed by atoms with Gasteiger partial charge in [-0.2, -0.15) is 0 Å². The van der Waals surface area contributed by atoms with Gasteiger partial charge in [0, 0.05) is 17.6 Å². The smallest absolute Gasteiger partial charge is 0.252 e. The molecule has 0 unspecified atom stereocenters. The first-order chi connectivity index (χ1) is 7.76. The molecule has 0 aliphatic carbocycles. The van der Waals surface area contributed by atoms with Gasteiger partial charge in [-0.05, 0) is 45.7 Å². The molecule has 0 bridgehead atoms. The van der Waals surface area contributed by atoms with E-state index in [1.54, 1.807) is 0 Å². The third-order valence-electron chi connectivity index (χ3n) is 2.87. The molecule has 0 aliphatic heterocycles. The van der Waals surface area contributed by atoms with Gasteiger partial charge in [0.15, 0.2) is 0 Å². The predicted octanol–water partition coefficient (Wildman–Crippen LogP) is 2.08. The summed E-state index contributed by atoms with van der Waals surface area (Å²) in [7, 11) is 0. The maximum absolute atomic E-state index is 12.2. The second-order valence-electron chi connectivity index (χ2n) is 5.32. The number of carbonyl (C=O) groups is 1. The van der Waals surface area contributed by atoms with Crippen molar-refractivity contribution in [1.29, 1.82) is 0 Å². The van der Waals surface area contributed by atoms with E-state index in [1.807, 2.05) is 46.8 Å². The number of rotatable bonds is 3. The van der Waals surface area contributed by atoms with E-state index in [1.165, 1.54) is 5.56 Å². The van der Waals surface area contributed by atoms with Crippen molar-refractivity contribution in [2.24, 2.45) is 5.73 Å². The molecule has 0 aliphatic rings. The lowest BCUT2D eigenvalue weighted by Gasteiger charge is -2.25. The Labute approximate surface area is 103 Å². The van der Waals surface area contributed by atoms with Crippen LogP contribution < -0.4 is 11.1 Å². The van der Waals surface area contributed by atoms with Gasteiger partial charge < -0.3 is 11.1 Å². The summed E-state index contributed by atoms with van der Waals surface area (Å²) in [4.78, 5) is 12.2. The molecule has 1 rings (SSSR count). The molecular formula is C14H22N2O. The van der Waals surface area contributed by atoms with E-state index in [0.29, 0.717) is 6.54 Å². The molecule has 0 saturated heterocycles. The molecule has 1 amide bonds. The highest BCUT2D eigenvalue weighted by atomic mass is 16.1. The van der Waals surface area contributed by atoms with Crippen LogP contribution in [-0.4, -0.2) is 18.0 Å². The first kappa shape index (κ1) is 13.7. The van der Waals surface area contributed by atoms with Gasteiger partial charge in [0.1, 0.15) is 0 Å². The summed E-state index contributed by atoms with van der Waals surface area (Å²) in [5.41, 5.74) is 9.20. The summed E-state index contributed by atoms with van der Waals surface area (Å²) in [5, 5.41) is 2.96. The van der Waals surface area contributed by atoms with Crippen LogP contribution in [0.3, 0.4) is 0 Å². The van der Waals surface area contributed by atoms with Crippen molar-refractivity contribution in [2.75, 3.05) is 6.54 Å². The molecule has 0 spiro atoms. The van der Waals surface area contributed by atoms with Crippen molar-refractivity contribution in [3.05, 3.63) is 34.4 Å². The molecule has 0 aromatic heterocycles. The molecule has 0 radical (unpaired) electrons. The molecule has 3 N–H and O–H groups in total. The zero-order valence-corrected chi connectivity index (χ0v) is 11.3. The third kappa shape index (κ3) is 3.30. The van der Waals surface area contributed by atoms with Crippen LogP contribution in [0, 0.1) is 20.8 Å². The van der Waals surface area contributed by atoms with Gasteiger partial charge >= 0.3 is 0 Å². The lowest BCUT2D eigenvalue weighted by Crippen LogP contribution is -2.49. The van der Waals surface area contributed by atoms with Gasteiger partial charge in [0.2, 0.25) is 0 Å². The largest absolute Gasteiger partial charge is 0.346 e. The first-order valence-corrected chi connectivity index (χ1v) is 5.87. The monoisotopic (exact) mass is 234 g/mol. The van der Waals surface area contributed by atoms with Crippen molar-refractivity contribution < 1.29 is 4.79 Å². The summed E-state index contributed by atoms with van der Waals surface area (Å²) in [6.45, 7) is 10.2. The molecular weight excluding hydrogens is 212 g/mol. The molecule has 0 fully saturated rings. The van der Waals surface area contributed by atoms with Crippen molar-refractivity contribution in [3.8, 4) is 0 Å². The number of hydrogen-bond donors (Lipinski definition) is 2. The van der Waals surface area contributed by atoms with Gasteiger partial charge in [-0.1, -0.05) is 17.7 Å². The summed E-state index contributed by atoms with van der Waals surface area (Å²) >= 11 is 0. The van der Waals surface area contributed by atoms with Crippen molar-refractivity contribution >= 4 is 5.91 Å². The van der Waals surface area contributed by atoms with Crippen molar-refractivity contribution in [3.63, 3.8) is 0 Å². The SMILES string of the molecule is Cc1cc(C)c(C(=O)NC(C)(C)CN)c(C)c1. The number of amides is 1. The zero-order chi connectivity index (χ0) is 13.2. The fourth-order valence-electron chi connectivity index (χ4n) is 1.96. The average Bonchev–Trinajstić information content (AvgIpc) is 2.14. The number of carbonyl (C=O) groups excluding carboxylic acids is 1. The van der Waals surface area contributed by atoms with Crippen LogP contribution in [-0.2, 0) is 0 Å². The van der Waals surface area contributed by atoms with Gasteiger partial charge in [-0.3, -0.25) is 4.79 Å². The van der Waals surface area contributed by atoms with E-state index in [9.17, 15) is 4.79 Å². The quantitative estimate of drug-likeness (QED) is 0.841. The molecule has 3 heteroatoms. The van der Waals surface area contributed by atoms with Gasteiger partial charge in [-0.15, -0.1) is 0 Å². The Hall–Kier alpha value is -1.35.